The number of nitrogens with one attached hydrogen (secondary N) is 1. The first-order valence-electron chi connectivity index (χ1n) is 9.11. The lowest BCUT2D eigenvalue weighted by molar-refractivity contribution is -0.135. The SMILES string of the molecule is CCN1CCN(C(=O)C(NC(=O)c2ccccc2)c2ccccc2)CC1. The molecule has 0 aliphatic carbocycles. The predicted octanol–water partition coefficient (Wildman–Crippen LogP) is 2.32. The number of hydrogen-bond donors (Lipinski definition) is 1. The van der Waals surface area contributed by atoms with Gasteiger partial charge in [-0.2, -0.15) is 0 Å². The third-order valence-electron chi connectivity index (χ3n) is 4.82. The lowest BCUT2D eigenvalue weighted by atomic mass is 10.0. The number of hydrogen-bond acceptors (Lipinski definition) is 3. The van der Waals surface area contributed by atoms with Crippen LogP contribution in [0.15, 0.2) is 60.7 Å². The van der Waals surface area contributed by atoms with Crippen LogP contribution in [0.2, 0.25) is 0 Å². The molecular weight excluding hydrogens is 326 g/mol. The van der Waals surface area contributed by atoms with Crippen molar-refractivity contribution in [2.75, 3.05) is 32.7 Å². The number of nitrogens with zero attached hydrogens (tertiary/aromatic N) is 2. The summed E-state index contributed by atoms with van der Waals surface area (Å²) < 4.78 is 0. The molecule has 3 rings (SSSR count). The molecule has 2 amide bonds. The van der Waals surface area contributed by atoms with Gasteiger partial charge in [0.1, 0.15) is 6.04 Å². The van der Waals surface area contributed by atoms with E-state index in [9.17, 15) is 9.59 Å². The van der Waals surface area contributed by atoms with E-state index in [1.807, 2.05) is 53.4 Å². The van der Waals surface area contributed by atoms with Crippen LogP contribution in [0, 0.1) is 0 Å². The van der Waals surface area contributed by atoms with Gasteiger partial charge < -0.3 is 15.1 Å². The molecule has 2 aromatic carbocycles. The Morgan fingerprint density at radius 3 is 2.08 bits per heavy atom. The first-order chi connectivity index (χ1) is 12.7. The molecule has 136 valence electrons. The van der Waals surface area contributed by atoms with Crippen LogP contribution in [-0.2, 0) is 4.79 Å². The molecule has 0 aromatic heterocycles. The third-order valence-corrected chi connectivity index (χ3v) is 4.82. The van der Waals surface area contributed by atoms with Crippen LogP contribution >= 0.6 is 0 Å². The van der Waals surface area contributed by atoms with Gasteiger partial charge in [-0.3, -0.25) is 9.59 Å². The average Bonchev–Trinajstić information content (AvgIpc) is 2.72. The molecule has 0 radical (unpaired) electrons. The maximum atomic E-state index is 13.2. The molecule has 5 heteroatoms. The van der Waals surface area contributed by atoms with Crippen LogP contribution in [-0.4, -0.2) is 54.3 Å². The highest BCUT2D eigenvalue weighted by atomic mass is 16.2. The average molecular weight is 351 g/mol. The minimum atomic E-state index is -0.669. The molecule has 0 spiro atoms. The highest BCUT2D eigenvalue weighted by molar-refractivity contribution is 5.97. The van der Waals surface area contributed by atoms with Crippen molar-refractivity contribution in [1.82, 2.24) is 15.1 Å². The fraction of sp³-hybridized carbons (Fsp3) is 0.333. The van der Waals surface area contributed by atoms with Gasteiger partial charge in [-0.25, -0.2) is 0 Å². The van der Waals surface area contributed by atoms with Crippen molar-refractivity contribution < 1.29 is 9.59 Å². The van der Waals surface area contributed by atoms with Crippen molar-refractivity contribution >= 4 is 11.8 Å². The first kappa shape index (κ1) is 18.1. The summed E-state index contributed by atoms with van der Waals surface area (Å²) in [6.07, 6.45) is 0. The molecule has 1 N–H and O–H groups in total. The number of benzene rings is 2. The van der Waals surface area contributed by atoms with Crippen molar-refractivity contribution in [3.63, 3.8) is 0 Å². The topological polar surface area (TPSA) is 52.6 Å². The fourth-order valence-electron chi connectivity index (χ4n) is 3.20. The first-order valence-corrected chi connectivity index (χ1v) is 9.11. The van der Waals surface area contributed by atoms with Gasteiger partial charge in [0.2, 0.25) is 5.91 Å². The number of carbonyl (C=O) groups is 2. The highest BCUT2D eigenvalue weighted by Crippen LogP contribution is 2.18. The molecule has 1 heterocycles. The molecule has 1 atom stereocenters. The van der Waals surface area contributed by atoms with E-state index in [1.165, 1.54) is 0 Å². The van der Waals surface area contributed by atoms with Crippen molar-refractivity contribution in [3.8, 4) is 0 Å². The second kappa shape index (κ2) is 8.63. The van der Waals surface area contributed by atoms with Crippen LogP contribution < -0.4 is 5.32 Å². The molecule has 1 aliphatic heterocycles. The van der Waals surface area contributed by atoms with Crippen LogP contribution in [0.3, 0.4) is 0 Å². The van der Waals surface area contributed by atoms with Gasteiger partial charge in [-0.05, 0) is 24.2 Å². The van der Waals surface area contributed by atoms with E-state index in [0.717, 1.165) is 25.2 Å². The van der Waals surface area contributed by atoms with Crippen molar-refractivity contribution in [2.24, 2.45) is 0 Å². The van der Waals surface area contributed by atoms with Gasteiger partial charge >= 0.3 is 0 Å². The Bertz CT molecular complexity index is 725. The lowest BCUT2D eigenvalue weighted by Crippen LogP contribution is -2.52. The molecular formula is C21H25N3O2. The summed E-state index contributed by atoms with van der Waals surface area (Å²) in [5.41, 5.74) is 1.36. The summed E-state index contributed by atoms with van der Waals surface area (Å²) in [4.78, 5) is 30.0. The molecule has 1 unspecified atom stereocenters. The molecule has 1 saturated heterocycles. The molecule has 5 nitrogen and oxygen atoms in total. The molecule has 1 fully saturated rings. The molecule has 0 bridgehead atoms. The van der Waals surface area contributed by atoms with Crippen molar-refractivity contribution in [3.05, 3.63) is 71.8 Å². The van der Waals surface area contributed by atoms with Crippen molar-refractivity contribution in [2.45, 2.75) is 13.0 Å². The Hall–Kier alpha value is -2.66. The fourth-order valence-corrected chi connectivity index (χ4v) is 3.20. The van der Waals surface area contributed by atoms with Gasteiger partial charge in [0, 0.05) is 31.7 Å². The number of piperazine rings is 1. The van der Waals surface area contributed by atoms with E-state index in [0.29, 0.717) is 18.7 Å². The van der Waals surface area contributed by atoms with Gasteiger partial charge in [0.05, 0.1) is 0 Å². The van der Waals surface area contributed by atoms with Gasteiger partial charge in [-0.15, -0.1) is 0 Å². The predicted molar refractivity (Wildman–Crippen MR) is 102 cm³/mol. The largest absolute Gasteiger partial charge is 0.338 e. The second-order valence-corrected chi connectivity index (χ2v) is 6.44. The van der Waals surface area contributed by atoms with E-state index in [-0.39, 0.29) is 11.8 Å². The number of likely N-dealkylation sites (N-methyl/N-ethyl adjacent to an activating group) is 1. The maximum Gasteiger partial charge on any atom is 0.252 e. The number of amides is 2. The van der Waals surface area contributed by atoms with E-state index >= 15 is 0 Å². The monoisotopic (exact) mass is 351 g/mol. The van der Waals surface area contributed by atoms with Crippen molar-refractivity contribution in [1.29, 1.82) is 0 Å². The number of carbonyl (C=O) groups excluding carboxylic acids is 2. The van der Waals surface area contributed by atoms with Crippen LogP contribution in [0.5, 0.6) is 0 Å². The second-order valence-electron chi connectivity index (χ2n) is 6.44. The summed E-state index contributed by atoms with van der Waals surface area (Å²) in [7, 11) is 0. The third kappa shape index (κ3) is 4.29. The Balaban J connectivity index is 1.78. The Morgan fingerprint density at radius 2 is 1.50 bits per heavy atom. The minimum Gasteiger partial charge on any atom is -0.338 e. The lowest BCUT2D eigenvalue weighted by Gasteiger charge is -2.36. The smallest absolute Gasteiger partial charge is 0.252 e. The Morgan fingerprint density at radius 1 is 0.923 bits per heavy atom. The Labute approximate surface area is 154 Å². The summed E-state index contributed by atoms with van der Waals surface area (Å²) in [6, 6.07) is 17.8. The zero-order valence-corrected chi connectivity index (χ0v) is 15.1. The van der Waals surface area contributed by atoms with Crippen LogP contribution in [0.4, 0.5) is 0 Å². The molecule has 2 aromatic rings. The zero-order chi connectivity index (χ0) is 18.4. The van der Waals surface area contributed by atoms with Crippen LogP contribution in [0.25, 0.3) is 0 Å². The normalized spacial score (nSPS) is 16.1. The zero-order valence-electron chi connectivity index (χ0n) is 15.1. The Kier molecular flexibility index (Phi) is 6.02. The summed E-state index contributed by atoms with van der Waals surface area (Å²) >= 11 is 0. The molecule has 26 heavy (non-hydrogen) atoms. The van der Waals surface area contributed by atoms with Gasteiger partial charge in [0.15, 0.2) is 0 Å². The summed E-state index contributed by atoms with van der Waals surface area (Å²) in [6.45, 7) is 6.25. The molecule has 1 aliphatic rings. The summed E-state index contributed by atoms with van der Waals surface area (Å²) in [5.74, 6) is -0.281. The standard InChI is InChI=1S/C21H25N3O2/c1-2-23-13-15-24(16-14-23)21(26)19(17-9-5-3-6-10-17)22-20(25)18-11-7-4-8-12-18/h3-12,19H,2,13-16H2,1H3,(H,22,25). The minimum absolute atomic E-state index is 0.0452. The molecule has 0 saturated carbocycles. The maximum absolute atomic E-state index is 13.2. The highest BCUT2D eigenvalue weighted by Gasteiger charge is 2.29. The van der Waals surface area contributed by atoms with E-state index in [4.69, 9.17) is 0 Å². The van der Waals surface area contributed by atoms with E-state index < -0.39 is 6.04 Å². The van der Waals surface area contributed by atoms with E-state index in [1.54, 1.807) is 12.1 Å². The quantitative estimate of drug-likeness (QED) is 0.899. The van der Waals surface area contributed by atoms with Gasteiger partial charge in [0.25, 0.3) is 5.91 Å². The van der Waals surface area contributed by atoms with E-state index in [2.05, 4.69) is 17.1 Å². The van der Waals surface area contributed by atoms with Gasteiger partial charge in [-0.1, -0.05) is 55.5 Å². The van der Waals surface area contributed by atoms with Crippen LogP contribution in [0.1, 0.15) is 28.9 Å². The summed E-state index contributed by atoms with van der Waals surface area (Å²) in [5, 5.41) is 2.93. The number of rotatable bonds is 5.